The fraction of sp³-hybridized carbons (Fsp3) is 0.500. The molecule has 3 aromatic rings. The summed E-state index contributed by atoms with van der Waals surface area (Å²) in [5, 5.41) is 13.1. The maximum absolute atomic E-state index is 12.2. The lowest BCUT2D eigenvalue weighted by Gasteiger charge is -2.34. The van der Waals surface area contributed by atoms with Crippen molar-refractivity contribution in [3.8, 4) is 0 Å². The molecule has 0 atom stereocenters. The van der Waals surface area contributed by atoms with Crippen LogP contribution in [0, 0.1) is 0 Å². The third-order valence-electron chi connectivity index (χ3n) is 5.21. The lowest BCUT2D eigenvalue weighted by Crippen LogP contribution is -2.48. The summed E-state index contributed by atoms with van der Waals surface area (Å²) >= 11 is 0. The van der Waals surface area contributed by atoms with Crippen LogP contribution < -0.4 is 10.5 Å². The van der Waals surface area contributed by atoms with Gasteiger partial charge in [-0.25, -0.2) is 4.68 Å². The van der Waals surface area contributed by atoms with Crippen LogP contribution in [0.2, 0.25) is 0 Å². The fourth-order valence-corrected chi connectivity index (χ4v) is 3.46. The first-order valence-corrected chi connectivity index (χ1v) is 9.77. The maximum atomic E-state index is 12.2. The first-order valence-electron chi connectivity index (χ1n) is 9.77. The second kappa shape index (κ2) is 7.35. The Bertz CT molecular complexity index is 1010. The Morgan fingerprint density at radius 3 is 2.50 bits per heavy atom. The molecule has 8 heteroatoms. The highest BCUT2D eigenvalue weighted by Gasteiger charge is 2.21. The Hall–Kier alpha value is -2.74. The van der Waals surface area contributed by atoms with Crippen LogP contribution in [0.3, 0.4) is 0 Å². The van der Waals surface area contributed by atoms with Gasteiger partial charge in [0.2, 0.25) is 5.95 Å². The van der Waals surface area contributed by atoms with E-state index < -0.39 is 0 Å². The molecule has 0 bridgehead atoms. The Kier molecular flexibility index (Phi) is 4.89. The molecule has 0 saturated carbocycles. The van der Waals surface area contributed by atoms with Crippen LogP contribution in [0.15, 0.2) is 41.3 Å². The molecule has 1 fully saturated rings. The van der Waals surface area contributed by atoms with Gasteiger partial charge in [-0.05, 0) is 18.2 Å². The highest BCUT2D eigenvalue weighted by Crippen LogP contribution is 2.18. The summed E-state index contributed by atoms with van der Waals surface area (Å²) in [5.41, 5.74) is 1.70. The van der Waals surface area contributed by atoms with E-state index in [0.717, 1.165) is 50.0 Å². The number of piperazine rings is 1. The van der Waals surface area contributed by atoms with Crippen molar-refractivity contribution in [2.24, 2.45) is 0 Å². The summed E-state index contributed by atoms with van der Waals surface area (Å²) < 4.78 is 3.62. The number of nitrogens with zero attached hydrogens (tertiary/aromatic N) is 7. The molecule has 4 rings (SSSR count). The van der Waals surface area contributed by atoms with E-state index in [4.69, 9.17) is 0 Å². The minimum absolute atomic E-state index is 0.0402. The molecular weight excluding hydrogens is 354 g/mol. The van der Waals surface area contributed by atoms with Gasteiger partial charge in [0.15, 0.2) is 5.65 Å². The van der Waals surface area contributed by atoms with E-state index in [1.54, 1.807) is 10.7 Å². The second-order valence-electron chi connectivity index (χ2n) is 8.29. The van der Waals surface area contributed by atoms with Crippen molar-refractivity contribution in [1.29, 1.82) is 0 Å². The monoisotopic (exact) mass is 381 g/mol. The van der Waals surface area contributed by atoms with Crippen LogP contribution in [0.1, 0.15) is 26.5 Å². The van der Waals surface area contributed by atoms with Gasteiger partial charge in [-0.1, -0.05) is 26.8 Å². The molecule has 0 aromatic carbocycles. The molecule has 3 aromatic heterocycles. The van der Waals surface area contributed by atoms with Gasteiger partial charge in [0, 0.05) is 50.4 Å². The van der Waals surface area contributed by atoms with Crippen LogP contribution in [0.25, 0.3) is 5.65 Å². The van der Waals surface area contributed by atoms with E-state index >= 15 is 0 Å². The number of hydrogen-bond acceptors (Lipinski definition) is 6. The van der Waals surface area contributed by atoms with Crippen molar-refractivity contribution in [2.75, 3.05) is 37.6 Å². The largest absolute Gasteiger partial charge is 0.338 e. The van der Waals surface area contributed by atoms with Crippen molar-refractivity contribution in [3.63, 3.8) is 0 Å². The lowest BCUT2D eigenvalue weighted by atomic mass is 9.92. The summed E-state index contributed by atoms with van der Waals surface area (Å²) in [4.78, 5) is 16.8. The molecule has 0 unspecified atom stereocenters. The van der Waals surface area contributed by atoms with Crippen LogP contribution in [-0.2, 0) is 12.0 Å². The molecule has 8 nitrogen and oxygen atoms in total. The highest BCUT2D eigenvalue weighted by atomic mass is 16.1. The quantitative estimate of drug-likeness (QED) is 0.680. The van der Waals surface area contributed by atoms with Gasteiger partial charge in [0.1, 0.15) is 0 Å². The van der Waals surface area contributed by atoms with Crippen LogP contribution >= 0.6 is 0 Å². The van der Waals surface area contributed by atoms with E-state index in [1.807, 2.05) is 34.9 Å². The van der Waals surface area contributed by atoms with Gasteiger partial charge in [-0.3, -0.25) is 14.1 Å². The van der Waals surface area contributed by atoms with Gasteiger partial charge >= 0.3 is 0 Å². The molecule has 4 heterocycles. The van der Waals surface area contributed by atoms with Crippen LogP contribution in [0.4, 0.5) is 5.95 Å². The molecule has 148 valence electrons. The zero-order chi connectivity index (χ0) is 19.7. The predicted octanol–water partition coefficient (Wildman–Crippen LogP) is 1.41. The molecule has 0 amide bonds. The normalized spacial score (nSPS) is 16.0. The molecule has 0 aliphatic carbocycles. The van der Waals surface area contributed by atoms with E-state index in [-0.39, 0.29) is 11.0 Å². The lowest BCUT2D eigenvalue weighted by molar-refractivity contribution is 0.240. The summed E-state index contributed by atoms with van der Waals surface area (Å²) in [7, 11) is 0. The van der Waals surface area contributed by atoms with E-state index in [1.165, 1.54) is 0 Å². The first kappa shape index (κ1) is 18.6. The molecule has 0 radical (unpaired) electrons. The summed E-state index contributed by atoms with van der Waals surface area (Å²) in [6, 6.07) is 9.38. The number of fused-ring (bicyclic) bond motifs is 1. The Morgan fingerprint density at radius 2 is 1.75 bits per heavy atom. The standard InChI is InChI=1S/C20H27N7O/c1-20(2,3)16-7-8-18(28)27(23-16)15-12-24-10-13-25(14-11-24)19-22-21-17-6-4-5-9-26(17)19/h4-9H,10-15H2,1-3H3. The van der Waals surface area contributed by atoms with Crippen molar-refractivity contribution < 1.29 is 0 Å². The second-order valence-corrected chi connectivity index (χ2v) is 8.29. The molecule has 1 aliphatic rings. The molecule has 1 saturated heterocycles. The molecule has 0 spiro atoms. The van der Waals surface area contributed by atoms with Crippen LogP contribution in [0.5, 0.6) is 0 Å². The number of aromatic nitrogens is 5. The van der Waals surface area contributed by atoms with E-state index in [2.05, 4.69) is 45.9 Å². The van der Waals surface area contributed by atoms with Crippen molar-refractivity contribution >= 4 is 11.6 Å². The van der Waals surface area contributed by atoms with E-state index in [9.17, 15) is 4.79 Å². The Labute approximate surface area is 164 Å². The molecule has 0 N–H and O–H groups in total. The number of anilines is 1. The molecular formula is C20H27N7O. The minimum Gasteiger partial charge on any atom is -0.338 e. The van der Waals surface area contributed by atoms with Crippen LogP contribution in [-0.4, -0.2) is 62.0 Å². The van der Waals surface area contributed by atoms with Gasteiger partial charge in [-0.15, -0.1) is 10.2 Å². The summed E-state index contributed by atoms with van der Waals surface area (Å²) in [6.07, 6.45) is 2.00. The number of hydrogen-bond donors (Lipinski definition) is 0. The average Bonchev–Trinajstić information content (AvgIpc) is 3.11. The first-order chi connectivity index (χ1) is 13.4. The zero-order valence-electron chi connectivity index (χ0n) is 16.7. The maximum Gasteiger partial charge on any atom is 0.266 e. The minimum atomic E-state index is -0.0674. The summed E-state index contributed by atoms with van der Waals surface area (Å²) in [6.45, 7) is 11.4. The highest BCUT2D eigenvalue weighted by molar-refractivity contribution is 5.46. The van der Waals surface area contributed by atoms with Crippen molar-refractivity contribution in [1.82, 2.24) is 29.3 Å². The third kappa shape index (κ3) is 3.77. The Balaban J connectivity index is 1.37. The van der Waals surface area contributed by atoms with Gasteiger partial charge in [0.25, 0.3) is 5.56 Å². The van der Waals surface area contributed by atoms with Crippen molar-refractivity contribution in [2.45, 2.75) is 32.7 Å². The van der Waals surface area contributed by atoms with Gasteiger partial charge in [0.05, 0.1) is 12.2 Å². The predicted molar refractivity (Wildman–Crippen MR) is 109 cm³/mol. The smallest absolute Gasteiger partial charge is 0.266 e. The number of rotatable bonds is 4. The molecule has 1 aliphatic heterocycles. The van der Waals surface area contributed by atoms with E-state index in [0.29, 0.717) is 6.54 Å². The fourth-order valence-electron chi connectivity index (χ4n) is 3.46. The Morgan fingerprint density at radius 1 is 0.964 bits per heavy atom. The van der Waals surface area contributed by atoms with Gasteiger partial charge in [-0.2, -0.15) is 5.10 Å². The number of pyridine rings is 1. The third-order valence-corrected chi connectivity index (χ3v) is 5.21. The topological polar surface area (TPSA) is 71.6 Å². The van der Waals surface area contributed by atoms with Gasteiger partial charge < -0.3 is 4.90 Å². The average molecular weight is 381 g/mol. The van der Waals surface area contributed by atoms with Crippen molar-refractivity contribution in [3.05, 3.63) is 52.6 Å². The SMILES string of the molecule is CC(C)(C)c1ccc(=O)n(CCN2CCN(c3nnc4ccccn34)CC2)n1. The summed E-state index contributed by atoms with van der Waals surface area (Å²) in [5.74, 6) is 0.894. The zero-order valence-corrected chi connectivity index (χ0v) is 16.7. The molecule has 28 heavy (non-hydrogen) atoms.